The van der Waals surface area contributed by atoms with Crippen molar-refractivity contribution in [3.63, 3.8) is 0 Å². The lowest BCUT2D eigenvalue weighted by Gasteiger charge is -2.07. The molecule has 0 unspecified atom stereocenters. The number of hydrogen-bond acceptors (Lipinski definition) is 5. The summed E-state index contributed by atoms with van der Waals surface area (Å²) in [5.41, 5.74) is 0.278. The standard InChI is InChI=1S/C11H14N2O5S/c1-2-18-10(16)7-4-6-19-9(7)13-11(17)12-5-3-8(14)15/h4,6H,2-3,5H2,1H3,(H,14,15)(H2,12,13,17). The van der Waals surface area contributed by atoms with E-state index in [1.54, 1.807) is 18.4 Å². The van der Waals surface area contributed by atoms with Gasteiger partial charge in [-0.25, -0.2) is 9.59 Å². The van der Waals surface area contributed by atoms with Gasteiger partial charge in [0.25, 0.3) is 0 Å². The Morgan fingerprint density at radius 1 is 1.42 bits per heavy atom. The summed E-state index contributed by atoms with van der Waals surface area (Å²) in [6, 6.07) is 0.990. The Balaban J connectivity index is 2.53. The minimum Gasteiger partial charge on any atom is -0.481 e. The number of urea groups is 1. The first-order chi connectivity index (χ1) is 9.04. The summed E-state index contributed by atoms with van der Waals surface area (Å²) in [5.74, 6) is -1.51. The van der Waals surface area contributed by atoms with Gasteiger partial charge in [0.15, 0.2) is 0 Å². The number of carboxylic acids is 1. The third-order valence-corrected chi connectivity index (χ3v) is 2.84. The SMILES string of the molecule is CCOC(=O)c1ccsc1NC(=O)NCCC(=O)O. The largest absolute Gasteiger partial charge is 0.481 e. The first kappa shape index (κ1) is 15.0. The molecule has 0 fully saturated rings. The van der Waals surface area contributed by atoms with Gasteiger partial charge in [-0.2, -0.15) is 0 Å². The van der Waals surface area contributed by atoms with Crippen LogP contribution in [0.3, 0.4) is 0 Å². The van der Waals surface area contributed by atoms with E-state index in [-0.39, 0.29) is 25.1 Å². The average Bonchev–Trinajstić information content (AvgIpc) is 2.76. The van der Waals surface area contributed by atoms with Crippen LogP contribution in [0, 0.1) is 0 Å². The van der Waals surface area contributed by atoms with Gasteiger partial charge in [0.1, 0.15) is 5.00 Å². The van der Waals surface area contributed by atoms with Gasteiger partial charge in [0.05, 0.1) is 18.6 Å². The molecule has 0 aromatic carbocycles. The maximum atomic E-state index is 11.5. The van der Waals surface area contributed by atoms with Gasteiger partial charge in [-0.05, 0) is 18.4 Å². The van der Waals surface area contributed by atoms with E-state index in [1.165, 1.54) is 11.3 Å². The molecule has 0 spiro atoms. The number of amides is 2. The number of carbonyl (C=O) groups is 3. The quantitative estimate of drug-likeness (QED) is 0.688. The van der Waals surface area contributed by atoms with Gasteiger partial charge in [-0.3, -0.25) is 10.1 Å². The summed E-state index contributed by atoms with van der Waals surface area (Å²) < 4.78 is 4.84. The molecule has 0 saturated carbocycles. The second-order valence-electron chi connectivity index (χ2n) is 3.41. The summed E-state index contributed by atoms with van der Waals surface area (Å²) in [6.07, 6.45) is -0.164. The third-order valence-electron chi connectivity index (χ3n) is 2.01. The van der Waals surface area contributed by atoms with Crippen molar-refractivity contribution in [3.8, 4) is 0 Å². The fraction of sp³-hybridized carbons (Fsp3) is 0.364. The van der Waals surface area contributed by atoms with Crippen LogP contribution in [0.1, 0.15) is 23.7 Å². The molecule has 8 heteroatoms. The smallest absolute Gasteiger partial charge is 0.341 e. The predicted octanol–water partition coefficient (Wildman–Crippen LogP) is 1.52. The molecule has 2 amide bonds. The number of aliphatic carboxylic acids is 1. The number of hydrogen-bond donors (Lipinski definition) is 3. The lowest BCUT2D eigenvalue weighted by Crippen LogP contribution is -2.30. The number of esters is 1. The third kappa shape index (κ3) is 4.96. The number of carboxylic acid groups (broad SMARTS) is 1. The van der Waals surface area contributed by atoms with Crippen molar-refractivity contribution >= 4 is 34.3 Å². The minimum absolute atomic E-state index is 0.0152. The van der Waals surface area contributed by atoms with Crippen LogP contribution in [0.15, 0.2) is 11.4 Å². The Kier molecular flexibility index (Phi) is 5.80. The van der Waals surface area contributed by atoms with Crippen LogP contribution in [0.5, 0.6) is 0 Å². The second-order valence-corrected chi connectivity index (χ2v) is 4.32. The van der Waals surface area contributed by atoms with E-state index in [9.17, 15) is 14.4 Å². The summed E-state index contributed by atoms with van der Waals surface area (Å²) in [7, 11) is 0. The summed E-state index contributed by atoms with van der Waals surface area (Å²) in [4.78, 5) is 33.3. The first-order valence-electron chi connectivity index (χ1n) is 5.55. The molecule has 104 valence electrons. The van der Waals surface area contributed by atoms with Gasteiger partial charge < -0.3 is 15.2 Å². The van der Waals surface area contributed by atoms with E-state index in [0.29, 0.717) is 5.00 Å². The van der Waals surface area contributed by atoms with Gasteiger partial charge in [0, 0.05) is 6.54 Å². The fourth-order valence-electron chi connectivity index (χ4n) is 1.21. The minimum atomic E-state index is -0.997. The monoisotopic (exact) mass is 286 g/mol. The van der Waals surface area contributed by atoms with Crippen LogP contribution in [0.4, 0.5) is 9.80 Å². The van der Waals surface area contributed by atoms with E-state index >= 15 is 0 Å². The van der Waals surface area contributed by atoms with Gasteiger partial charge in [0.2, 0.25) is 0 Å². The molecule has 19 heavy (non-hydrogen) atoms. The van der Waals surface area contributed by atoms with E-state index < -0.39 is 18.0 Å². The molecule has 1 aromatic heterocycles. The lowest BCUT2D eigenvalue weighted by molar-refractivity contribution is -0.136. The number of ether oxygens (including phenoxy) is 1. The molecule has 1 heterocycles. The lowest BCUT2D eigenvalue weighted by atomic mass is 10.3. The molecule has 0 atom stereocenters. The Hall–Kier alpha value is -2.09. The zero-order valence-electron chi connectivity index (χ0n) is 10.3. The van der Waals surface area contributed by atoms with Gasteiger partial charge >= 0.3 is 18.0 Å². The van der Waals surface area contributed by atoms with Crippen molar-refractivity contribution in [1.29, 1.82) is 0 Å². The van der Waals surface area contributed by atoms with E-state index in [1.807, 2.05) is 0 Å². The molecule has 3 N–H and O–H groups in total. The molecule has 0 aliphatic rings. The molecule has 7 nitrogen and oxygen atoms in total. The Labute approximate surface area is 113 Å². The van der Waals surface area contributed by atoms with Crippen LogP contribution in [0.25, 0.3) is 0 Å². The van der Waals surface area contributed by atoms with Crippen LogP contribution in [0.2, 0.25) is 0 Å². The maximum absolute atomic E-state index is 11.5. The fourth-order valence-corrected chi connectivity index (χ4v) is 1.98. The first-order valence-corrected chi connectivity index (χ1v) is 6.43. The second kappa shape index (κ2) is 7.37. The predicted molar refractivity (Wildman–Crippen MR) is 69.5 cm³/mol. The molecule has 0 saturated heterocycles. The molecule has 0 aliphatic heterocycles. The van der Waals surface area contributed by atoms with Crippen molar-refractivity contribution in [1.82, 2.24) is 5.32 Å². The molecular weight excluding hydrogens is 272 g/mol. The Bertz CT molecular complexity index is 471. The van der Waals surface area contributed by atoms with Crippen molar-refractivity contribution < 1.29 is 24.2 Å². The number of nitrogens with one attached hydrogen (secondary N) is 2. The van der Waals surface area contributed by atoms with Crippen molar-refractivity contribution in [2.45, 2.75) is 13.3 Å². The maximum Gasteiger partial charge on any atom is 0.341 e. The molecule has 0 radical (unpaired) electrons. The van der Waals surface area contributed by atoms with Crippen molar-refractivity contribution in [2.24, 2.45) is 0 Å². The highest BCUT2D eigenvalue weighted by Gasteiger charge is 2.15. The average molecular weight is 286 g/mol. The molecular formula is C11H14N2O5S. The highest BCUT2D eigenvalue weighted by molar-refractivity contribution is 7.14. The highest BCUT2D eigenvalue weighted by atomic mass is 32.1. The number of carbonyl (C=O) groups excluding carboxylic acids is 2. The van der Waals surface area contributed by atoms with Crippen molar-refractivity contribution in [3.05, 3.63) is 17.0 Å². The molecule has 1 aromatic rings. The summed E-state index contributed by atoms with van der Waals surface area (Å²) in [6.45, 7) is 1.95. The van der Waals surface area contributed by atoms with Crippen LogP contribution >= 0.6 is 11.3 Å². The van der Waals surface area contributed by atoms with Crippen molar-refractivity contribution in [2.75, 3.05) is 18.5 Å². The molecule has 0 bridgehead atoms. The van der Waals surface area contributed by atoms with Crippen LogP contribution in [-0.2, 0) is 9.53 Å². The normalized spacial score (nSPS) is 9.74. The zero-order chi connectivity index (χ0) is 14.3. The van der Waals surface area contributed by atoms with Crippen LogP contribution < -0.4 is 10.6 Å². The van der Waals surface area contributed by atoms with Gasteiger partial charge in [-0.1, -0.05) is 0 Å². The number of thiophene rings is 1. The van der Waals surface area contributed by atoms with E-state index in [2.05, 4.69) is 10.6 Å². The molecule has 0 aliphatic carbocycles. The number of rotatable bonds is 6. The van der Waals surface area contributed by atoms with Gasteiger partial charge in [-0.15, -0.1) is 11.3 Å². The topological polar surface area (TPSA) is 105 Å². The van der Waals surface area contributed by atoms with E-state index in [0.717, 1.165) is 0 Å². The van der Waals surface area contributed by atoms with E-state index in [4.69, 9.17) is 9.84 Å². The Morgan fingerprint density at radius 2 is 2.16 bits per heavy atom. The summed E-state index contributed by atoms with van der Waals surface area (Å²) >= 11 is 1.18. The number of anilines is 1. The summed E-state index contributed by atoms with van der Waals surface area (Å²) in [5, 5.41) is 15.3. The Morgan fingerprint density at radius 3 is 2.79 bits per heavy atom. The highest BCUT2D eigenvalue weighted by Crippen LogP contribution is 2.23. The molecule has 1 rings (SSSR count). The zero-order valence-corrected chi connectivity index (χ0v) is 11.1. The van der Waals surface area contributed by atoms with Crippen LogP contribution in [-0.4, -0.2) is 36.2 Å².